The molecule has 1 saturated heterocycles. The number of piperazine rings is 1. The van der Waals surface area contributed by atoms with Gasteiger partial charge in [0.15, 0.2) is 5.09 Å². The Labute approximate surface area is 141 Å². The molecule has 2 heterocycles. The molecule has 1 aliphatic rings. The van der Waals surface area contributed by atoms with Crippen LogP contribution in [0.5, 0.6) is 0 Å². The number of nitrogens with two attached hydrogens (primary N) is 1. The molecule has 0 spiro atoms. The number of hydrogen-bond donors (Lipinski definition) is 1. The molecular formula is C11H16N8O6. The summed E-state index contributed by atoms with van der Waals surface area (Å²) < 4.78 is 0. The van der Waals surface area contributed by atoms with Crippen LogP contribution in [0.4, 0.5) is 11.5 Å². The van der Waals surface area contributed by atoms with Gasteiger partial charge in [-0.2, -0.15) is 9.88 Å². The highest BCUT2D eigenvalue weighted by molar-refractivity contribution is 5.92. The van der Waals surface area contributed by atoms with Gasteiger partial charge in [0.1, 0.15) is 11.0 Å². The number of pyridine rings is 1. The Morgan fingerprint density at radius 3 is 2.48 bits per heavy atom. The van der Waals surface area contributed by atoms with Gasteiger partial charge in [0, 0.05) is 26.2 Å². The molecule has 14 heteroatoms. The second-order valence-electron chi connectivity index (χ2n) is 5.02. The first-order valence-corrected chi connectivity index (χ1v) is 7.04. The number of aromatic nitrogens is 1. The Morgan fingerprint density at radius 2 is 1.96 bits per heavy atom. The summed E-state index contributed by atoms with van der Waals surface area (Å²) in [6, 6.07) is 3.08. The first-order valence-electron chi connectivity index (χ1n) is 7.04. The van der Waals surface area contributed by atoms with Gasteiger partial charge >= 0.3 is 11.0 Å². The fourth-order valence-corrected chi connectivity index (χ4v) is 2.12. The Bertz CT molecular complexity index is 644. The SMILES string of the molecule is CN1CCN(c2ccc(N(O[N+](=O)[O-])/C(N)=N/O[N+](=O)[O-])cn2)CC1. The summed E-state index contributed by atoms with van der Waals surface area (Å²) in [7, 11) is 2.02. The van der Waals surface area contributed by atoms with E-state index in [2.05, 4.69) is 29.8 Å². The lowest BCUT2D eigenvalue weighted by molar-refractivity contribution is -0.762. The number of likely N-dealkylation sites (N-methyl/N-ethyl adjacent to an activating group) is 1. The Kier molecular flexibility index (Phi) is 5.67. The highest BCUT2D eigenvalue weighted by Gasteiger charge is 2.22. The van der Waals surface area contributed by atoms with E-state index in [1.54, 1.807) is 6.07 Å². The average Bonchev–Trinajstić information content (AvgIpc) is 2.58. The van der Waals surface area contributed by atoms with E-state index in [0.29, 0.717) is 10.9 Å². The lowest BCUT2D eigenvalue weighted by atomic mass is 10.3. The fraction of sp³-hybridized carbons (Fsp3) is 0.455. The van der Waals surface area contributed by atoms with Gasteiger partial charge < -0.3 is 15.5 Å². The molecule has 1 aliphatic heterocycles. The van der Waals surface area contributed by atoms with E-state index in [1.165, 1.54) is 12.3 Å². The molecular weight excluding hydrogens is 340 g/mol. The van der Waals surface area contributed by atoms with Crippen molar-refractivity contribution in [1.29, 1.82) is 0 Å². The van der Waals surface area contributed by atoms with Crippen molar-refractivity contribution in [2.75, 3.05) is 43.2 Å². The zero-order valence-corrected chi connectivity index (χ0v) is 13.2. The summed E-state index contributed by atoms with van der Waals surface area (Å²) >= 11 is 0. The maximum atomic E-state index is 10.6. The van der Waals surface area contributed by atoms with Crippen molar-refractivity contribution in [3.05, 3.63) is 38.6 Å². The number of anilines is 2. The van der Waals surface area contributed by atoms with Crippen LogP contribution in [0.1, 0.15) is 0 Å². The smallest absolute Gasteiger partial charge is 0.354 e. The summed E-state index contributed by atoms with van der Waals surface area (Å²) in [6.45, 7) is 3.35. The molecule has 1 aromatic heterocycles. The predicted octanol–water partition coefficient (Wildman–Crippen LogP) is -0.799. The van der Waals surface area contributed by atoms with E-state index in [0.717, 1.165) is 26.2 Å². The number of nitrogens with zero attached hydrogens (tertiary/aromatic N) is 7. The Balaban J connectivity index is 2.15. The summed E-state index contributed by atoms with van der Waals surface area (Å²) in [5.74, 6) is -0.0718. The molecule has 25 heavy (non-hydrogen) atoms. The van der Waals surface area contributed by atoms with Crippen molar-refractivity contribution in [2.24, 2.45) is 10.9 Å². The average molecular weight is 356 g/mol. The van der Waals surface area contributed by atoms with Crippen LogP contribution in [-0.2, 0) is 9.88 Å². The van der Waals surface area contributed by atoms with Gasteiger partial charge in [0.25, 0.3) is 0 Å². The first-order chi connectivity index (χ1) is 11.9. The monoisotopic (exact) mass is 356 g/mol. The van der Waals surface area contributed by atoms with Crippen LogP contribution in [0.3, 0.4) is 0 Å². The van der Waals surface area contributed by atoms with Crippen LogP contribution in [0.25, 0.3) is 0 Å². The second-order valence-corrected chi connectivity index (χ2v) is 5.02. The minimum absolute atomic E-state index is 0.0442. The molecule has 0 radical (unpaired) electrons. The number of hydrogen-bond acceptors (Lipinski definition) is 10. The molecule has 1 fully saturated rings. The van der Waals surface area contributed by atoms with Crippen LogP contribution in [0.2, 0.25) is 0 Å². The van der Waals surface area contributed by atoms with Crippen LogP contribution < -0.4 is 15.7 Å². The maximum Gasteiger partial charge on any atom is 0.372 e. The van der Waals surface area contributed by atoms with Crippen LogP contribution >= 0.6 is 0 Å². The number of rotatable bonds is 6. The third-order valence-corrected chi connectivity index (χ3v) is 3.35. The third kappa shape index (κ3) is 5.03. The number of oxime groups is 1. The van der Waals surface area contributed by atoms with Gasteiger partial charge in [-0.3, -0.25) is 0 Å². The minimum Gasteiger partial charge on any atom is -0.354 e. The normalized spacial score (nSPS) is 15.6. The summed E-state index contributed by atoms with van der Waals surface area (Å²) in [5.41, 5.74) is 5.46. The van der Waals surface area contributed by atoms with Crippen molar-refractivity contribution in [1.82, 2.24) is 9.88 Å². The molecule has 1 aromatic rings. The molecule has 0 bridgehead atoms. The van der Waals surface area contributed by atoms with Crippen molar-refractivity contribution in [3.8, 4) is 0 Å². The van der Waals surface area contributed by atoms with E-state index in [-0.39, 0.29) is 5.69 Å². The minimum atomic E-state index is -1.23. The standard InChI is InChI=1S/C11H16N8O6/c1-15-4-6-16(7-5-15)10-3-2-9(8-13-10)17(25-19(22)23)11(12)14-24-18(20)21/h2-3,8H,4-7H2,1H3,(H2,12,14). The van der Waals surface area contributed by atoms with Gasteiger partial charge in [0.2, 0.25) is 0 Å². The maximum absolute atomic E-state index is 10.6. The van der Waals surface area contributed by atoms with Crippen molar-refractivity contribution < 1.29 is 20.0 Å². The molecule has 2 N–H and O–H groups in total. The number of guanidine groups is 1. The van der Waals surface area contributed by atoms with Crippen LogP contribution in [0, 0.1) is 20.2 Å². The second kappa shape index (κ2) is 7.91. The first kappa shape index (κ1) is 17.9. The molecule has 136 valence electrons. The van der Waals surface area contributed by atoms with Crippen molar-refractivity contribution in [2.45, 2.75) is 0 Å². The van der Waals surface area contributed by atoms with Gasteiger partial charge in [-0.15, -0.1) is 15.2 Å². The van der Waals surface area contributed by atoms with Crippen molar-refractivity contribution in [3.63, 3.8) is 0 Å². The highest BCUT2D eigenvalue weighted by Crippen LogP contribution is 2.19. The zero-order valence-electron chi connectivity index (χ0n) is 13.2. The topological polar surface area (TPSA) is 166 Å². The van der Waals surface area contributed by atoms with Gasteiger partial charge in [0.05, 0.1) is 11.9 Å². The van der Waals surface area contributed by atoms with Gasteiger partial charge in [-0.1, -0.05) is 0 Å². The largest absolute Gasteiger partial charge is 0.372 e. The fourth-order valence-electron chi connectivity index (χ4n) is 2.12. The Hall–Kier alpha value is -3.42. The zero-order chi connectivity index (χ0) is 18.4. The molecule has 14 nitrogen and oxygen atoms in total. The lowest BCUT2D eigenvalue weighted by Gasteiger charge is -2.33. The van der Waals surface area contributed by atoms with E-state index in [1.807, 2.05) is 7.05 Å². The molecule has 0 aromatic carbocycles. The van der Waals surface area contributed by atoms with E-state index in [4.69, 9.17) is 5.73 Å². The predicted molar refractivity (Wildman–Crippen MR) is 84.2 cm³/mol. The van der Waals surface area contributed by atoms with E-state index >= 15 is 0 Å². The quantitative estimate of drug-likeness (QED) is 0.293. The summed E-state index contributed by atoms with van der Waals surface area (Å²) in [6.07, 6.45) is 1.27. The summed E-state index contributed by atoms with van der Waals surface area (Å²) in [5, 5.41) is 21.7. The summed E-state index contributed by atoms with van der Waals surface area (Å²) in [4.78, 5) is 37.2. The molecule has 0 amide bonds. The Morgan fingerprint density at radius 1 is 1.28 bits per heavy atom. The highest BCUT2D eigenvalue weighted by atomic mass is 17.0. The molecule has 0 unspecified atom stereocenters. The lowest BCUT2D eigenvalue weighted by Crippen LogP contribution is -2.44. The van der Waals surface area contributed by atoms with Crippen LogP contribution in [0.15, 0.2) is 23.5 Å². The number of hydroxylamine groups is 1. The molecule has 0 saturated carbocycles. The van der Waals surface area contributed by atoms with Gasteiger partial charge in [-0.05, 0) is 19.2 Å². The third-order valence-electron chi connectivity index (χ3n) is 3.35. The molecule has 2 rings (SSSR count). The van der Waals surface area contributed by atoms with E-state index in [9.17, 15) is 20.2 Å². The molecule has 0 atom stereocenters. The van der Waals surface area contributed by atoms with E-state index < -0.39 is 16.1 Å². The van der Waals surface area contributed by atoms with Crippen molar-refractivity contribution >= 4 is 17.5 Å². The van der Waals surface area contributed by atoms with Gasteiger partial charge in [-0.25, -0.2) is 15.1 Å². The molecule has 0 aliphatic carbocycles. The van der Waals surface area contributed by atoms with Crippen LogP contribution in [-0.4, -0.2) is 59.2 Å².